The summed E-state index contributed by atoms with van der Waals surface area (Å²) in [7, 11) is 0. The maximum absolute atomic E-state index is 14.0. The van der Waals surface area contributed by atoms with E-state index in [4.69, 9.17) is 0 Å². The summed E-state index contributed by atoms with van der Waals surface area (Å²) < 4.78 is 14.6. The van der Waals surface area contributed by atoms with E-state index in [1.807, 2.05) is 17.5 Å². The summed E-state index contributed by atoms with van der Waals surface area (Å²) in [6.07, 6.45) is 0.515. The van der Waals surface area contributed by atoms with Gasteiger partial charge in [-0.25, -0.2) is 4.39 Å². The van der Waals surface area contributed by atoms with Crippen molar-refractivity contribution in [2.45, 2.75) is 18.8 Å². The Balaban J connectivity index is 2.47. The Morgan fingerprint density at radius 2 is 2.17 bits per heavy atom. The Kier molecular flexibility index (Phi) is 3.84. The second-order valence-corrected chi connectivity index (χ2v) is 6.18. The average Bonchev–Trinajstić information content (AvgIpc) is 2.81. The van der Waals surface area contributed by atoms with Crippen LogP contribution >= 0.6 is 27.3 Å². The maximum atomic E-state index is 14.0. The topological polar surface area (TPSA) is 23.8 Å². The van der Waals surface area contributed by atoms with Crippen LogP contribution < -0.4 is 0 Å². The number of rotatable bonds is 3. The molecule has 1 nitrogen and oxygen atoms in total. The monoisotopic (exact) mass is 323 g/mol. The second kappa shape index (κ2) is 5.21. The standard InChI is InChI=1S/C14H11BrFNS/c1-14(9-17,8-10-4-3-7-18-10)13-11(15)5-2-6-12(13)16/h2-7H,8H2,1H3. The number of hydrogen-bond acceptors (Lipinski definition) is 2. The zero-order valence-electron chi connectivity index (χ0n) is 9.78. The smallest absolute Gasteiger partial charge is 0.129 e. The third-order valence-electron chi connectivity index (χ3n) is 2.87. The third-order valence-corrected chi connectivity index (χ3v) is 4.41. The van der Waals surface area contributed by atoms with Crippen molar-refractivity contribution in [1.29, 1.82) is 5.26 Å². The van der Waals surface area contributed by atoms with Crippen molar-refractivity contribution in [3.63, 3.8) is 0 Å². The van der Waals surface area contributed by atoms with E-state index >= 15 is 0 Å². The summed E-state index contributed by atoms with van der Waals surface area (Å²) in [6, 6.07) is 10.9. The van der Waals surface area contributed by atoms with E-state index in [1.54, 1.807) is 30.4 Å². The Labute approximate surface area is 118 Å². The molecule has 0 spiro atoms. The van der Waals surface area contributed by atoms with Crippen LogP contribution in [0.2, 0.25) is 0 Å². The van der Waals surface area contributed by atoms with Crippen LogP contribution in [-0.2, 0) is 11.8 Å². The lowest BCUT2D eigenvalue weighted by Gasteiger charge is -2.23. The number of nitrogens with zero attached hydrogens (tertiary/aromatic N) is 1. The zero-order valence-corrected chi connectivity index (χ0v) is 12.2. The molecule has 18 heavy (non-hydrogen) atoms. The van der Waals surface area contributed by atoms with E-state index in [-0.39, 0.29) is 5.82 Å². The Morgan fingerprint density at radius 3 is 2.72 bits per heavy atom. The van der Waals surface area contributed by atoms with Crippen LogP contribution in [0, 0.1) is 17.1 Å². The molecule has 92 valence electrons. The summed E-state index contributed by atoms with van der Waals surface area (Å²) in [5.74, 6) is -0.343. The number of hydrogen-bond donors (Lipinski definition) is 0. The quantitative estimate of drug-likeness (QED) is 0.804. The van der Waals surface area contributed by atoms with Crippen LogP contribution in [0.15, 0.2) is 40.2 Å². The van der Waals surface area contributed by atoms with Gasteiger partial charge in [0.15, 0.2) is 0 Å². The number of nitriles is 1. The molecular formula is C14H11BrFNS. The van der Waals surface area contributed by atoms with Crippen molar-refractivity contribution < 1.29 is 4.39 Å². The van der Waals surface area contributed by atoms with Gasteiger partial charge in [0.1, 0.15) is 5.82 Å². The molecule has 1 heterocycles. The summed E-state index contributed by atoms with van der Waals surface area (Å²) in [5.41, 5.74) is -0.435. The molecule has 1 atom stereocenters. The fourth-order valence-corrected chi connectivity index (χ4v) is 3.61. The minimum absolute atomic E-state index is 0.343. The van der Waals surface area contributed by atoms with Gasteiger partial charge >= 0.3 is 0 Å². The van der Waals surface area contributed by atoms with Crippen LogP contribution in [0.1, 0.15) is 17.4 Å². The SMILES string of the molecule is CC(C#N)(Cc1cccs1)c1c(F)cccc1Br. The lowest BCUT2D eigenvalue weighted by Crippen LogP contribution is -2.24. The van der Waals surface area contributed by atoms with Crippen LogP contribution in [0.25, 0.3) is 0 Å². The highest BCUT2D eigenvalue weighted by atomic mass is 79.9. The highest BCUT2D eigenvalue weighted by Crippen LogP contribution is 2.35. The molecule has 1 unspecified atom stereocenters. The molecular weight excluding hydrogens is 313 g/mol. The molecule has 0 N–H and O–H groups in total. The molecule has 2 rings (SSSR count). The molecule has 1 aromatic carbocycles. The molecule has 0 bridgehead atoms. The summed E-state index contributed by atoms with van der Waals surface area (Å²) in [5, 5.41) is 11.4. The summed E-state index contributed by atoms with van der Waals surface area (Å²) in [4.78, 5) is 1.08. The Hall–Kier alpha value is -1.18. The highest BCUT2D eigenvalue weighted by molar-refractivity contribution is 9.10. The molecule has 0 saturated carbocycles. The van der Waals surface area contributed by atoms with Gasteiger partial charge in [0, 0.05) is 21.3 Å². The number of halogens is 2. The first kappa shape index (κ1) is 13.3. The van der Waals surface area contributed by atoms with E-state index < -0.39 is 5.41 Å². The molecule has 0 amide bonds. The van der Waals surface area contributed by atoms with E-state index in [2.05, 4.69) is 22.0 Å². The molecule has 0 radical (unpaired) electrons. The van der Waals surface area contributed by atoms with Crippen LogP contribution in [-0.4, -0.2) is 0 Å². The van der Waals surface area contributed by atoms with Crippen molar-refractivity contribution in [1.82, 2.24) is 0 Å². The molecule has 0 aliphatic carbocycles. The molecule has 4 heteroatoms. The minimum atomic E-state index is -0.866. The van der Waals surface area contributed by atoms with Gasteiger partial charge in [-0.05, 0) is 30.5 Å². The van der Waals surface area contributed by atoms with Crippen molar-refractivity contribution in [2.24, 2.45) is 0 Å². The van der Waals surface area contributed by atoms with Crippen LogP contribution in [0.5, 0.6) is 0 Å². The van der Waals surface area contributed by atoms with E-state index in [0.717, 1.165) is 4.88 Å². The molecule has 0 fully saturated rings. The van der Waals surface area contributed by atoms with Crippen molar-refractivity contribution in [3.8, 4) is 6.07 Å². The average molecular weight is 324 g/mol. The second-order valence-electron chi connectivity index (χ2n) is 4.30. The maximum Gasteiger partial charge on any atom is 0.129 e. The van der Waals surface area contributed by atoms with Crippen molar-refractivity contribution >= 4 is 27.3 Å². The van der Waals surface area contributed by atoms with E-state index in [1.165, 1.54) is 6.07 Å². The molecule has 1 aromatic heterocycles. The summed E-state index contributed by atoms with van der Waals surface area (Å²) in [6.45, 7) is 1.77. The largest absolute Gasteiger partial charge is 0.207 e. The van der Waals surface area contributed by atoms with Gasteiger partial charge in [0.25, 0.3) is 0 Å². The Morgan fingerprint density at radius 1 is 1.39 bits per heavy atom. The van der Waals surface area contributed by atoms with Crippen LogP contribution in [0.3, 0.4) is 0 Å². The van der Waals surface area contributed by atoms with Gasteiger partial charge < -0.3 is 0 Å². The molecule has 0 aliphatic rings. The number of thiophene rings is 1. The predicted molar refractivity (Wildman–Crippen MR) is 75.1 cm³/mol. The number of benzene rings is 1. The lowest BCUT2D eigenvalue weighted by molar-refractivity contribution is 0.534. The van der Waals surface area contributed by atoms with Crippen LogP contribution in [0.4, 0.5) is 4.39 Å². The van der Waals surface area contributed by atoms with Gasteiger partial charge in [-0.1, -0.05) is 28.1 Å². The van der Waals surface area contributed by atoms with Crippen molar-refractivity contribution in [3.05, 3.63) is 56.4 Å². The normalized spacial score (nSPS) is 13.9. The van der Waals surface area contributed by atoms with Gasteiger partial charge in [-0.3, -0.25) is 0 Å². The first-order valence-corrected chi connectivity index (χ1v) is 7.12. The van der Waals surface area contributed by atoms with Crippen molar-refractivity contribution in [2.75, 3.05) is 0 Å². The molecule has 0 aliphatic heterocycles. The third kappa shape index (κ3) is 2.47. The fraction of sp³-hybridized carbons (Fsp3) is 0.214. The van der Waals surface area contributed by atoms with E-state index in [0.29, 0.717) is 16.5 Å². The van der Waals surface area contributed by atoms with Gasteiger partial charge in [0.05, 0.1) is 11.5 Å². The minimum Gasteiger partial charge on any atom is -0.207 e. The Bertz CT molecular complexity index is 568. The zero-order chi connectivity index (χ0) is 13.2. The predicted octanol–water partition coefficient (Wildman–Crippen LogP) is 4.67. The summed E-state index contributed by atoms with van der Waals surface area (Å²) >= 11 is 4.92. The van der Waals surface area contributed by atoms with E-state index in [9.17, 15) is 9.65 Å². The lowest BCUT2D eigenvalue weighted by atomic mass is 9.80. The molecule has 0 saturated heterocycles. The van der Waals surface area contributed by atoms with Gasteiger partial charge in [0.2, 0.25) is 0 Å². The van der Waals surface area contributed by atoms with Gasteiger partial charge in [-0.2, -0.15) is 5.26 Å². The first-order valence-electron chi connectivity index (χ1n) is 5.45. The highest BCUT2D eigenvalue weighted by Gasteiger charge is 2.32. The first-order chi connectivity index (χ1) is 8.57. The van der Waals surface area contributed by atoms with Gasteiger partial charge in [-0.15, -0.1) is 11.3 Å². The molecule has 2 aromatic rings. The fourth-order valence-electron chi connectivity index (χ4n) is 1.97.